The number of halogens is 1. The zero-order valence-electron chi connectivity index (χ0n) is 7.85. The molecule has 0 fully saturated rings. The number of rotatable bonds is 2. The largest absolute Gasteiger partial charge is 0.292 e. The quantitative estimate of drug-likeness (QED) is 0.805. The summed E-state index contributed by atoms with van der Waals surface area (Å²) in [6.07, 6.45) is 2.90. The molecule has 0 spiro atoms. The third-order valence-electron chi connectivity index (χ3n) is 1.93. The summed E-state index contributed by atoms with van der Waals surface area (Å²) in [5.74, 6) is 0. The van der Waals surface area contributed by atoms with Gasteiger partial charge in [0.1, 0.15) is 15.9 Å². The summed E-state index contributed by atoms with van der Waals surface area (Å²) in [5, 5.41) is 7.32. The molecule has 0 amide bonds. The number of hydrogen-bond donors (Lipinski definition) is 0. The molecule has 6 nitrogen and oxygen atoms in total. The Morgan fingerprint density at radius 3 is 3.00 bits per heavy atom. The molecule has 2 rings (SSSR count). The zero-order valence-corrected chi connectivity index (χ0v) is 9.43. The smallest absolute Gasteiger partial charge is 0.267 e. The van der Waals surface area contributed by atoms with Gasteiger partial charge in [-0.2, -0.15) is 0 Å². The molecule has 7 heteroatoms. The summed E-state index contributed by atoms with van der Waals surface area (Å²) in [6, 6.07) is 0. The summed E-state index contributed by atoms with van der Waals surface area (Å²) < 4.78 is 6.38. The molecule has 0 aliphatic heterocycles. The number of nitrogens with zero attached hydrogens (tertiary/aromatic N) is 4. The predicted molar refractivity (Wildman–Crippen MR) is 54.3 cm³/mol. The van der Waals surface area contributed by atoms with Gasteiger partial charge < -0.3 is 0 Å². The molecule has 0 saturated heterocycles. The Balaban J connectivity index is 2.37. The maximum absolute atomic E-state index is 11.6. The van der Waals surface area contributed by atoms with Crippen molar-refractivity contribution in [3.8, 4) is 0 Å². The first-order chi connectivity index (χ1) is 7.18. The Kier molecular flexibility index (Phi) is 2.63. The van der Waals surface area contributed by atoms with E-state index >= 15 is 0 Å². The van der Waals surface area contributed by atoms with Crippen LogP contribution in [0.1, 0.15) is 11.4 Å². The van der Waals surface area contributed by atoms with Crippen molar-refractivity contribution in [2.45, 2.75) is 13.5 Å². The van der Waals surface area contributed by atoms with Gasteiger partial charge in [0.15, 0.2) is 0 Å². The van der Waals surface area contributed by atoms with Crippen LogP contribution in [0.3, 0.4) is 0 Å². The fourth-order valence-electron chi connectivity index (χ4n) is 1.09. The topological polar surface area (TPSA) is 73.8 Å². The molecule has 78 valence electrons. The van der Waals surface area contributed by atoms with E-state index in [0.717, 1.165) is 0 Å². The number of aromatic nitrogens is 4. The van der Waals surface area contributed by atoms with Crippen molar-refractivity contribution in [3.63, 3.8) is 0 Å². The predicted octanol–water partition coefficient (Wildman–Crippen LogP) is 0.746. The van der Waals surface area contributed by atoms with Crippen molar-refractivity contribution in [1.29, 1.82) is 0 Å². The van der Waals surface area contributed by atoms with E-state index in [1.54, 1.807) is 6.92 Å². The molecule has 2 heterocycles. The second-order valence-electron chi connectivity index (χ2n) is 2.97. The van der Waals surface area contributed by atoms with Crippen LogP contribution >= 0.6 is 15.9 Å². The minimum absolute atomic E-state index is 0.160. The normalized spacial score (nSPS) is 10.5. The van der Waals surface area contributed by atoms with Crippen LogP contribution < -0.4 is 5.56 Å². The van der Waals surface area contributed by atoms with Crippen LogP contribution in [-0.4, -0.2) is 19.9 Å². The molecule has 0 atom stereocenters. The molecular formula is C8H7BrN4O2. The van der Waals surface area contributed by atoms with Crippen molar-refractivity contribution in [2.24, 2.45) is 0 Å². The van der Waals surface area contributed by atoms with Crippen LogP contribution in [0.15, 0.2) is 26.4 Å². The average molecular weight is 271 g/mol. The van der Waals surface area contributed by atoms with Gasteiger partial charge in [-0.3, -0.25) is 9.36 Å². The zero-order chi connectivity index (χ0) is 10.8. The minimum Gasteiger partial charge on any atom is -0.292 e. The maximum atomic E-state index is 11.6. The van der Waals surface area contributed by atoms with Crippen LogP contribution in [0.4, 0.5) is 0 Å². The highest BCUT2D eigenvalue weighted by atomic mass is 79.9. The van der Waals surface area contributed by atoms with Gasteiger partial charge in [-0.15, -0.1) is 0 Å². The van der Waals surface area contributed by atoms with Gasteiger partial charge in [0, 0.05) is 6.20 Å². The molecule has 2 aromatic heterocycles. The second-order valence-corrected chi connectivity index (χ2v) is 3.83. The summed E-state index contributed by atoms with van der Waals surface area (Å²) in [7, 11) is 0. The highest BCUT2D eigenvalue weighted by Crippen LogP contribution is 2.03. The Morgan fingerprint density at radius 1 is 1.53 bits per heavy atom. The first-order valence-electron chi connectivity index (χ1n) is 4.16. The van der Waals surface area contributed by atoms with Crippen LogP contribution in [-0.2, 0) is 6.54 Å². The lowest BCUT2D eigenvalue weighted by Gasteiger charge is -2.01. The number of hydrogen-bond acceptors (Lipinski definition) is 5. The van der Waals surface area contributed by atoms with Crippen molar-refractivity contribution >= 4 is 15.9 Å². The van der Waals surface area contributed by atoms with E-state index in [4.69, 9.17) is 0 Å². The van der Waals surface area contributed by atoms with Gasteiger partial charge in [-0.1, -0.05) is 10.3 Å². The maximum Gasteiger partial charge on any atom is 0.267 e. The number of aryl methyl sites for hydroxylation is 1. The van der Waals surface area contributed by atoms with Crippen molar-refractivity contribution in [2.75, 3.05) is 0 Å². The molecule has 0 saturated carbocycles. The Bertz CT molecular complexity index is 533. The third-order valence-corrected chi connectivity index (χ3v) is 2.47. The van der Waals surface area contributed by atoms with E-state index < -0.39 is 0 Å². The molecular weight excluding hydrogens is 264 g/mol. The highest BCUT2D eigenvalue weighted by Gasteiger charge is 2.08. The van der Waals surface area contributed by atoms with Gasteiger partial charge >= 0.3 is 0 Å². The van der Waals surface area contributed by atoms with Gasteiger partial charge in [0.05, 0.1) is 12.9 Å². The van der Waals surface area contributed by atoms with Gasteiger partial charge in [0.25, 0.3) is 5.56 Å². The Labute approximate surface area is 93.0 Å². The molecule has 0 bridgehead atoms. The first-order valence-corrected chi connectivity index (χ1v) is 4.96. The van der Waals surface area contributed by atoms with E-state index in [0.29, 0.717) is 22.4 Å². The molecule has 0 aliphatic carbocycles. The van der Waals surface area contributed by atoms with E-state index in [1.165, 1.54) is 17.1 Å². The van der Waals surface area contributed by atoms with Gasteiger partial charge in [-0.05, 0) is 22.9 Å². The lowest BCUT2D eigenvalue weighted by Crippen LogP contribution is -2.21. The lowest BCUT2D eigenvalue weighted by molar-refractivity contribution is 0.300. The average Bonchev–Trinajstić information content (AvgIpc) is 2.60. The van der Waals surface area contributed by atoms with Crippen molar-refractivity contribution in [1.82, 2.24) is 19.9 Å². The summed E-state index contributed by atoms with van der Waals surface area (Å²) in [4.78, 5) is 15.5. The molecule has 0 aromatic carbocycles. The van der Waals surface area contributed by atoms with Crippen molar-refractivity contribution < 1.29 is 4.63 Å². The van der Waals surface area contributed by atoms with Gasteiger partial charge in [-0.25, -0.2) is 9.61 Å². The highest BCUT2D eigenvalue weighted by molar-refractivity contribution is 9.10. The monoisotopic (exact) mass is 270 g/mol. The van der Waals surface area contributed by atoms with Crippen LogP contribution in [0.25, 0.3) is 0 Å². The van der Waals surface area contributed by atoms with Crippen LogP contribution in [0.2, 0.25) is 0 Å². The van der Waals surface area contributed by atoms with Gasteiger partial charge in [0.2, 0.25) is 0 Å². The molecule has 0 unspecified atom stereocenters. The molecule has 2 aromatic rings. The molecule has 0 N–H and O–H groups in total. The lowest BCUT2D eigenvalue weighted by atomic mass is 10.3. The van der Waals surface area contributed by atoms with E-state index in [2.05, 4.69) is 35.9 Å². The summed E-state index contributed by atoms with van der Waals surface area (Å²) in [5.41, 5.74) is 1.13. The Hall–Kier alpha value is -1.50. The minimum atomic E-state index is -0.160. The summed E-state index contributed by atoms with van der Waals surface area (Å²) in [6.45, 7) is 2.07. The van der Waals surface area contributed by atoms with E-state index in [1.807, 2.05) is 0 Å². The standard InChI is InChI=1S/C8H7BrN4O2/c1-5-7(12-15-11-5)3-13-4-10-2-6(9)8(13)14/h2,4H,3H2,1H3. The Morgan fingerprint density at radius 2 is 2.33 bits per heavy atom. The van der Waals surface area contributed by atoms with E-state index in [-0.39, 0.29) is 5.56 Å². The summed E-state index contributed by atoms with van der Waals surface area (Å²) >= 11 is 3.11. The first kappa shape index (κ1) is 10.0. The van der Waals surface area contributed by atoms with E-state index in [9.17, 15) is 4.79 Å². The van der Waals surface area contributed by atoms with Crippen LogP contribution in [0, 0.1) is 6.92 Å². The molecule has 0 radical (unpaired) electrons. The van der Waals surface area contributed by atoms with Crippen molar-refractivity contribution in [3.05, 3.63) is 38.7 Å². The SMILES string of the molecule is Cc1nonc1Cn1cncc(Br)c1=O. The second kappa shape index (κ2) is 3.93. The third kappa shape index (κ3) is 1.96. The molecule has 0 aliphatic rings. The van der Waals surface area contributed by atoms with Crippen LogP contribution in [0.5, 0.6) is 0 Å². The molecule has 15 heavy (non-hydrogen) atoms. The fraction of sp³-hybridized carbons (Fsp3) is 0.250. The fourth-order valence-corrected chi connectivity index (χ4v) is 1.44.